The standard InChI is InChI=1S/C16H27N3O/c1-3-14(4-2)19-8-7-13(17-19)10-18-9-12-5-6-16(20)15(12)11-18/h7-8,12,14-16,20H,3-6,9-11H2,1-2H3. The highest BCUT2D eigenvalue weighted by atomic mass is 16.3. The van der Waals surface area contributed by atoms with Crippen molar-refractivity contribution in [3.05, 3.63) is 18.0 Å². The molecular formula is C16H27N3O. The number of aliphatic hydroxyl groups excluding tert-OH is 1. The lowest BCUT2D eigenvalue weighted by Crippen LogP contribution is -2.24. The molecule has 1 aliphatic carbocycles. The minimum absolute atomic E-state index is 0.0629. The summed E-state index contributed by atoms with van der Waals surface area (Å²) >= 11 is 0. The van der Waals surface area contributed by atoms with E-state index in [1.165, 1.54) is 12.1 Å². The smallest absolute Gasteiger partial charge is 0.0764 e. The molecule has 1 aromatic rings. The van der Waals surface area contributed by atoms with Crippen molar-refractivity contribution in [1.29, 1.82) is 0 Å². The van der Waals surface area contributed by atoms with Gasteiger partial charge >= 0.3 is 0 Å². The van der Waals surface area contributed by atoms with E-state index in [1.54, 1.807) is 0 Å². The van der Waals surface area contributed by atoms with Crippen LogP contribution >= 0.6 is 0 Å². The molecule has 4 nitrogen and oxygen atoms in total. The van der Waals surface area contributed by atoms with Crippen molar-refractivity contribution in [3.8, 4) is 0 Å². The fourth-order valence-corrected chi connectivity index (χ4v) is 4.01. The zero-order valence-corrected chi connectivity index (χ0v) is 12.7. The fourth-order valence-electron chi connectivity index (χ4n) is 4.01. The van der Waals surface area contributed by atoms with Crippen molar-refractivity contribution < 1.29 is 5.11 Å². The van der Waals surface area contributed by atoms with E-state index in [9.17, 15) is 5.11 Å². The van der Waals surface area contributed by atoms with Crippen LogP contribution < -0.4 is 0 Å². The Balaban J connectivity index is 1.59. The highest BCUT2D eigenvalue weighted by Gasteiger charge is 2.41. The van der Waals surface area contributed by atoms with E-state index in [1.807, 2.05) is 0 Å². The molecule has 3 rings (SSSR count). The van der Waals surface area contributed by atoms with E-state index < -0.39 is 0 Å². The molecule has 3 unspecified atom stereocenters. The fraction of sp³-hybridized carbons (Fsp3) is 0.812. The number of fused-ring (bicyclic) bond motifs is 1. The number of aromatic nitrogens is 2. The molecule has 2 aliphatic rings. The van der Waals surface area contributed by atoms with Gasteiger partial charge in [-0.1, -0.05) is 13.8 Å². The van der Waals surface area contributed by atoms with Crippen LogP contribution in [0.3, 0.4) is 0 Å². The Morgan fingerprint density at radius 3 is 2.80 bits per heavy atom. The van der Waals surface area contributed by atoms with Gasteiger partial charge in [-0.25, -0.2) is 0 Å². The van der Waals surface area contributed by atoms with E-state index in [-0.39, 0.29) is 6.10 Å². The maximum atomic E-state index is 9.98. The molecule has 0 amide bonds. The number of hydrogen-bond acceptors (Lipinski definition) is 3. The normalized spacial score (nSPS) is 30.3. The van der Waals surface area contributed by atoms with E-state index in [4.69, 9.17) is 5.10 Å². The molecule has 2 fully saturated rings. The topological polar surface area (TPSA) is 41.3 Å². The molecular weight excluding hydrogens is 250 g/mol. The van der Waals surface area contributed by atoms with Crippen LogP contribution in [-0.4, -0.2) is 39.0 Å². The van der Waals surface area contributed by atoms with Crippen LogP contribution in [0.4, 0.5) is 0 Å². The molecule has 0 radical (unpaired) electrons. The monoisotopic (exact) mass is 277 g/mol. The van der Waals surface area contributed by atoms with Gasteiger partial charge in [-0.3, -0.25) is 9.58 Å². The quantitative estimate of drug-likeness (QED) is 0.899. The number of nitrogens with zero attached hydrogens (tertiary/aromatic N) is 3. The van der Waals surface area contributed by atoms with Crippen molar-refractivity contribution in [2.75, 3.05) is 13.1 Å². The van der Waals surface area contributed by atoms with E-state index >= 15 is 0 Å². The second-order valence-electron chi connectivity index (χ2n) is 6.52. The van der Waals surface area contributed by atoms with Gasteiger partial charge in [0.2, 0.25) is 0 Å². The Kier molecular flexibility index (Phi) is 4.13. The van der Waals surface area contributed by atoms with Crippen LogP contribution in [0, 0.1) is 11.8 Å². The van der Waals surface area contributed by atoms with Gasteiger partial charge in [-0.15, -0.1) is 0 Å². The van der Waals surface area contributed by atoms with Crippen molar-refractivity contribution in [2.24, 2.45) is 11.8 Å². The minimum atomic E-state index is -0.0629. The highest BCUT2D eigenvalue weighted by Crippen LogP contribution is 2.38. The summed E-state index contributed by atoms with van der Waals surface area (Å²) in [6.07, 6.45) is 6.54. The summed E-state index contributed by atoms with van der Waals surface area (Å²) in [4.78, 5) is 2.47. The van der Waals surface area contributed by atoms with E-state index in [0.717, 1.165) is 38.9 Å². The first-order valence-electron chi connectivity index (χ1n) is 8.15. The lowest BCUT2D eigenvalue weighted by molar-refractivity contribution is 0.123. The minimum Gasteiger partial charge on any atom is -0.393 e. The summed E-state index contributed by atoms with van der Waals surface area (Å²) in [6, 6.07) is 2.69. The zero-order valence-electron chi connectivity index (χ0n) is 12.7. The number of likely N-dealkylation sites (tertiary alicyclic amines) is 1. The number of rotatable bonds is 5. The molecule has 1 aromatic heterocycles. The van der Waals surface area contributed by atoms with Crippen LogP contribution in [0.15, 0.2) is 12.3 Å². The molecule has 0 spiro atoms. The maximum Gasteiger partial charge on any atom is 0.0764 e. The zero-order chi connectivity index (χ0) is 14.1. The van der Waals surface area contributed by atoms with Gasteiger partial charge in [0.25, 0.3) is 0 Å². The lowest BCUT2D eigenvalue weighted by Gasteiger charge is -2.17. The van der Waals surface area contributed by atoms with Gasteiger partial charge < -0.3 is 5.11 Å². The Labute approximate surface area is 121 Å². The van der Waals surface area contributed by atoms with Gasteiger partial charge in [-0.2, -0.15) is 5.10 Å². The Morgan fingerprint density at radius 2 is 2.10 bits per heavy atom. The van der Waals surface area contributed by atoms with Crippen LogP contribution in [0.5, 0.6) is 0 Å². The van der Waals surface area contributed by atoms with Gasteiger partial charge in [0, 0.05) is 31.7 Å². The molecule has 0 aromatic carbocycles. The van der Waals surface area contributed by atoms with Crippen molar-refractivity contribution >= 4 is 0 Å². The Bertz CT molecular complexity index is 441. The van der Waals surface area contributed by atoms with Crippen LogP contribution in [0.2, 0.25) is 0 Å². The molecule has 3 atom stereocenters. The summed E-state index contributed by atoms with van der Waals surface area (Å²) in [5, 5.41) is 14.7. The average molecular weight is 277 g/mol. The Morgan fingerprint density at radius 1 is 1.30 bits per heavy atom. The molecule has 1 saturated carbocycles. The van der Waals surface area contributed by atoms with Gasteiger partial charge in [0.15, 0.2) is 0 Å². The summed E-state index contributed by atoms with van der Waals surface area (Å²) in [7, 11) is 0. The summed E-state index contributed by atoms with van der Waals surface area (Å²) in [5.74, 6) is 1.22. The second kappa shape index (κ2) is 5.86. The van der Waals surface area contributed by atoms with Gasteiger partial charge in [0.1, 0.15) is 0 Å². The molecule has 1 aliphatic heterocycles. The van der Waals surface area contributed by atoms with Crippen molar-refractivity contribution in [3.63, 3.8) is 0 Å². The highest BCUT2D eigenvalue weighted by molar-refractivity contribution is 5.02. The molecule has 2 heterocycles. The molecule has 20 heavy (non-hydrogen) atoms. The van der Waals surface area contributed by atoms with Crippen molar-refractivity contribution in [2.45, 2.75) is 58.2 Å². The predicted molar refractivity (Wildman–Crippen MR) is 79.3 cm³/mol. The first kappa shape index (κ1) is 14.1. The average Bonchev–Trinajstić information content (AvgIpc) is 3.12. The van der Waals surface area contributed by atoms with Crippen LogP contribution in [-0.2, 0) is 6.54 Å². The molecule has 0 bridgehead atoms. The summed E-state index contributed by atoms with van der Waals surface area (Å²) in [5.41, 5.74) is 1.17. The first-order valence-corrected chi connectivity index (χ1v) is 8.15. The van der Waals surface area contributed by atoms with Crippen molar-refractivity contribution in [1.82, 2.24) is 14.7 Å². The summed E-state index contributed by atoms with van der Waals surface area (Å²) < 4.78 is 2.13. The molecule has 112 valence electrons. The Hall–Kier alpha value is -0.870. The third kappa shape index (κ3) is 2.63. The molecule has 1 N–H and O–H groups in total. The number of hydrogen-bond donors (Lipinski definition) is 1. The third-order valence-electron chi connectivity index (χ3n) is 5.26. The molecule has 4 heteroatoms. The third-order valence-corrected chi connectivity index (χ3v) is 5.26. The summed E-state index contributed by atoms with van der Waals surface area (Å²) in [6.45, 7) is 7.56. The van der Waals surface area contributed by atoms with Gasteiger partial charge in [-0.05, 0) is 37.7 Å². The van der Waals surface area contributed by atoms with Crippen LogP contribution in [0.25, 0.3) is 0 Å². The van der Waals surface area contributed by atoms with E-state index in [2.05, 4.69) is 35.7 Å². The lowest BCUT2D eigenvalue weighted by atomic mass is 10.00. The molecule has 1 saturated heterocycles. The van der Waals surface area contributed by atoms with Gasteiger partial charge in [0.05, 0.1) is 17.8 Å². The van der Waals surface area contributed by atoms with Crippen LogP contribution in [0.1, 0.15) is 51.3 Å². The SMILES string of the molecule is CCC(CC)n1ccc(CN2CC3CCC(O)C3C2)n1. The number of aliphatic hydroxyl groups is 1. The first-order chi connectivity index (χ1) is 9.71. The largest absolute Gasteiger partial charge is 0.393 e. The maximum absolute atomic E-state index is 9.98. The predicted octanol–water partition coefficient (Wildman–Crippen LogP) is 2.45. The van der Waals surface area contributed by atoms with E-state index in [0.29, 0.717) is 17.9 Å². The second-order valence-corrected chi connectivity index (χ2v) is 6.52.